The highest BCUT2D eigenvalue weighted by Crippen LogP contribution is 2.42. The third kappa shape index (κ3) is 3.03. The number of aromatic nitrogens is 4. The lowest BCUT2D eigenvalue weighted by Crippen LogP contribution is -2.47. The molecule has 0 saturated carbocycles. The summed E-state index contributed by atoms with van der Waals surface area (Å²) in [5, 5.41) is 4.24. The predicted molar refractivity (Wildman–Crippen MR) is 147 cm³/mol. The van der Waals surface area contributed by atoms with Gasteiger partial charge in [-0.1, -0.05) is 24.3 Å². The Kier molecular flexibility index (Phi) is 5.11. The minimum atomic E-state index is 0.0119. The maximum Gasteiger partial charge on any atom is 0.212 e. The third-order valence-corrected chi connectivity index (χ3v) is 7.94. The van der Waals surface area contributed by atoms with Crippen molar-refractivity contribution in [2.45, 2.75) is 25.3 Å². The van der Waals surface area contributed by atoms with E-state index in [-0.39, 0.29) is 6.04 Å². The van der Waals surface area contributed by atoms with E-state index in [2.05, 4.69) is 32.9 Å². The first-order chi connectivity index (χ1) is 18.7. The standard InChI is InChI=1S/C30H28N4O4/c1-35-20-12-6-9-17-25-23(38-4)15-34-18(28(25)32-26(17)20)10-7-11-19(34)29-30-24(22(37-3)14-31-29)16-8-5-13-21(36-2)27(16)33-30/h5-6,8-9,12-15,19H,7,10-11H2,1-4H3,(H,31,33)/p+1/t19-/m0/s1. The monoisotopic (exact) mass is 509 g/mol. The van der Waals surface area contributed by atoms with Gasteiger partial charge >= 0.3 is 0 Å². The van der Waals surface area contributed by atoms with Gasteiger partial charge in [-0.05, 0) is 18.6 Å². The van der Waals surface area contributed by atoms with Gasteiger partial charge in [0.1, 0.15) is 28.5 Å². The summed E-state index contributed by atoms with van der Waals surface area (Å²) in [6.07, 6.45) is 6.91. The number of pyridine rings is 2. The number of para-hydroxylation sites is 2. The molecule has 8 nitrogen and oxygen atoms in total. The largest absolute Gasteiger partial charge is 0.495 e. The van der Waals surface area contributed by atoms with Crippen LogP contribution in [0.1, 0.15) is 30.3 Å². The minimum Gasteiger partial charge on any atom is -0.495 e. The molecular formula is C30H29N4O4+. The Bertz CT molecular complexity index is 1870. The van der Waals surface area contributed by atoms with E-state index in [1.165, 1.54) is 5.69 Å². The summed E-state index contributed by atoms with van der Waals surface area (Å²) < 4.78 is 25.4. The Balaban J connectivity index is 1.52. The molecule has 0 aliphatic carbocycles. The van der Waals surface area contributed by atoms with E-state index in [9.17, 15) is 0 Å². The predicted octanol–water partition coefficient (Wildman–Crippen LogP) is 5.60. The zero-order valence-electron chi connectivity index (χ0n) is 21.8. The van der Waals surface area contributed by atoms with Crippen LogP contribution < -0.4 is 23.5 Å². The zero-order chi connectivity index (χ0) is 26.0. The molecule has 2 N–H and O–H groups in total. The summed E-state index contributed by atoms with van der Waals surface area (Å²) in [6, 6.07) is 12.2. The van der Waals surface area contributed by atoms with Gasteiger partial charge in [0, 0.05) is 23.6 Å². The molecule has 8 heteroatoms. The van der Waals surface area contributed by atoms with Crippen molar-refractivity contribution in [1.29, 1.82) is 0 Å². The third-order valence-electron chi connectivity index (χ3n) is 7.94. The van der Waals surface area contributed by atoms with E-state index in [4.69, 9.17) is 23.9 Å². The molecule has 5 heterocycles. The number of hydrogen-bond acceptors (Lipinski definition) is 5. The van der Waals surface area contributed by atoms with Crippen LogP contribution in [0.5, 0.6) is 23.0 Å². The van der Waals surface area contributed by atoms with Crippen LogP contribution >= 0.6 is 0 Å². The lowest BCUT2D eigenvalue weighted by atomic mass is 9.95. The topological polar surface area (TPSA) is 85.3 Å². The van der Waals surface area contributed by atoms with E-state index < -0.39 is 0 Å². The van der Waals surface area contributed by atoms with Crippen molar-refractivity contribution >= 4 is 43.6 Å². The number of nitrogens with one attached hydrogen (secondary N) is 2. The van der Waals surface area contributed by atoms with Gasteiger partial charge in [0.05, 0.1) is 62.0 Å². The number of nitrogens with zero attached hydrogens (tertiary/aromatic N) is 2. The molecular weight excluding hydrogens is 480 g/mol. The smallest absolute Gasteiger partial charge is 0.212 e. The van der Waals surface area contributed by atoms with Crippen molar-refractivity contribution in [3.63, 3.8) is 0 Å². The van der Waals surface area contributed by atoms with E-state index in [1.54, 1.807) is 28.4 Å². The summed E-state index contributed by atoms with van der Waals surface area (Å²) in [7, 11) is 6.81. The summed E-state index contributed by atoms with van der Waals surface area (Å²) in [5.74, 6) is 3.16. The molecule has 0 radical (unpaired) electrons. The molecule has 1 aliphatic heterocycles. The number of benzene rings is 2. The Labute approximate surface area is 219 Å². The second-order valence-electron chi connectivity index (χ2n) is 9.69. The fourth-order valence-corrected chi connectivity index (χ4v) is 6.26. The molecule has 0 amide bonds. The fraction of sp³-hybridized carbons (Fsp3) is 0.267. The molecule has 38 heavy (non-hydrogen) atoms. The zero-order valence-corrected chi connectivity index (χ0v) is 21.8. The van der Waals surface area contributed by atoms with Crippen LogP contribution in [-0.4, -0.2) is 43.4 Å². The van der Waals surface area contributed by atoms with Crippen LogP contribution in [0, 0.1) is 0 Å². The maximum atomic E-state index is 5.97. The van der Waals surface area contributed by atoms with Crippen molar-refractivity contribution in [1.82, 2.24) is 15.0 Å². The molecule has 0 spiro atoms. The SMILES string of the molecule is COc1cccc2c1[nH]c1c([C@@H]3CCCc4c5[nH]c6c(OC)cccc6c5c(OC)c[n+]43)ncc(OC)c12. The molecule has 7 rings (SSSR count). The lowest BCUT2D eigenvalue weighted by Gasteiger charge is -2.21. The van der Waals surface area contributed by atoms with Crippen molar-refractivity contribution in [2.75, 3.05) is 28.4 Å². The average Bonchev–Trinajstić information content (AvgIpc) is 3.56. The highest BCUT2D eigenvalue weighted by molar-refractivity contribution is 6.13. The molecule has 0 fully saturated rings. The number of fused-ring (bicyclic) bond motifs is 8. The van der Waals surface area contributed by atoms with Gasteiger partial charge in [-0.25, -0.2) is 4.98 Å². The highest BCUT2D eigenvalue weighted by atomic mass is 16.5. The molecule has 0 saturated heterocycles. The number of aromatic amines is 2. The van der Waals surface area contributed by atoms with Gasteiger partial charge in [0.25, 0.3) is 0 Å². The van der Waals surface area contributed by atoms with Crippen LogP contribution in [0.3, 0.4) is 0 Å². The van der Waals surface area contributed by atoms with Crippen molar-refractivity contribution < 1.29 is 23.5 Å². The first kappa shape index (κ1) is 22.7. The van der Waals surface area contributed by atoms with Crippen molar-refractivity contribution in [2.24, 2.45) is 0 Å². The molecule has 192 valence electrons. The number of methoxy groups -OCH3 is 4. The first-order valence-corrected chi connectivity index (χ1v) is 12.8. The molecule has 1 atom stereocenters. The Hall–Kier alpha value is -4.46. The van der Waals surface area contributed by atoms with Crippen LogP contribution in [0.4, 0.5) is 0 Å². The maximum absolute atomic E-state index is 5.97. The summed E-state index contributed by atoms with van der Waals surface area (Å²) >= 11 is 0. The van der Waals surface area contributed by atoms with Gasteiger partial charge < -0.3 is 28.9 Å². The van der Waals surface area contributed by atoms with E-state index in [0.717, 1.165) is 91.6 Å². The van der Waals surface area contributed by atoms with Crippen molar-refractivity contribution in [3.8, 4) is 23.0 Å². The number of ether oxygens (including phenoxy) is 4. The number of hydrogen-bond donors (Lipinski definition) is 2. The number of aryl methyl sites for hydroxylation is 1. The molecule has 4 aromatic heterocycles. The van der Waals surface area contributed by atoms with Crippen LogP contribution in [-0.2, 0) is 6.42 Å². The van der Waals surface area contributed by atoms with Gasteiger partial charge in [0.15, 0.2) is 5.75 Å². The van der Waals surface area contributed by atoms with E-state index in [0.29, 0.717) is 0 Å². The summed E-state index contributed by atoms with van der Waals surface area (Å²) in [5.41, 5.74) is 6.17. The highest BCUT2D eigenvalue weighted by Gasteiger charge is 2.36. The van der Waals surface area contributed by atoms with Crippen LogP contribution in [0.25, 0.3) is 43.6 Å². The van der Waals surface area contributed by atoms with Gasteiger partial charge in [-0.2, -0.15) is 4.57 Å². The average molecular weight is 510 g/mol. The summed E-state index contributed by atoms with van der Waals surface area (Å²) in [6.45, 7) is 0. The van der Waals surface area contributed by atoms with Gasteiger partial charge in [0.2, 0.25) is 17.9 Å². The number of H-pyrrole nitrogens is 2. The quantitative estimate of drug-likeness (QED) is 0.296. The van der Waals surface area contributed by atoms with Crippen LogP contribution in [0.2, 0.25) is 0 Å². The van der Waals surface area contributed by atoms with Crippen molar-refractivity contribution in [3.05, 3.63) is 60.2 Å². The molecule has 1 aliphatic rings. The van der Waals surface area contributed by atoms with Gasteiger partial charge in [-0.3, -0.25) is 0 Å². The normalized spacial score (nSPS) is 15.3. The molecule has 0 unspecified atom stereocenters. The minimum absolute atomic E-state index is 0.0119. The van der Waals surface area contributed by atoms with Gasteiger partial charge in [-0.15, -0.1) is 0 Å². The first-order valence-electron chi connectivity index (χ1n) is 12.8. The van der Waals surface area contributed by atoms with E-state index >= 15 is 0 Å². The Morgan fingerprint density at radius 1 is 0.737 bits per heavy atom. The Morgan fingerprint density at radius 2 is 1.34 bits per heavy atom. The summed E-state index contributed by atoms with van der Waals surface area (Å²) in [4.78, 5) is 12.3. The fourth-order valence-electron chi connectivity index (χ4n) is 6.26. The Morgan fingerprint density at radius 3 is 1.97 bits per heavy atom. The van der Waals surface area contributed by atoms with E-state index in [1.807, 2.05) is 30.5 Å². The molecule has 6 aromatic rings. The number of rotatable bonds is 5. The molecule has 2 aromatic carbocycles. The second kappa shape index (κ2) is 8.55. The van der Waals surface area contributed by atoms with Crippen LogP contribution in [0.15, 0.2) is 48.8 Å². The lowest BCUT2D eigenvalue weighted by molar-refractivity contribution is -0.725. The second-order valence-corrected chi connectivity index (χ2v) is 9.69. The molecule has 0 bridgehead atoms.